The first-order chi connectivity index (χ1) is 10.7. The molecule has 0 aromatic heterocycles. The zero-order chi connectivity index (χ0) is 16.9. The lowest BCUT2D eigenvalue weighted by Crippen LogP contribution is -2.41. The highest BCUT2D eigenvalue weighted by atomic mass is 28.4. The Bertz CT molecular complexity index is 576. The molecule has 0 N–H and O–H groups in total. The van der Waals surface area contributed by atoms with Crippen molar-refractivity contribution in [3.05, 3.63) is 34.9 Å². The summed E-state index contributed by atoms with van der Waals surface area (Å²) in [6.07, 6.45) is 6.14. The van der Waals surface area contributed by atoms with E-state index in [0.717, 1.165) is 25.7 Å². The maximum absolute atomic E-state index is 6.74. The van der Waals surface area contributed by atoms with Gasteiger partial charge in [0.15, 0.2) is 8.32 Å². The van der Waals surface area contributed by atoms with Gasteiger partial charge in [-0.15, -0.1) is 0 Å². The standard InChI is InChI=1S/C20H32O2Si/c1-19(2,3)23(5,6)22-18-12-11-15-16(18)9-7-10-17(15)20(21-4)13-8-14-20/h7,9-10,18H,8,11-14H2,1-6H3/t18-/m0/s1. The van der Waals surface area contributed by atoms with Gasteiger partial charge in [0.05, 0.1) is 11.7 Å². The summed E-state index contributed by atoms with van der Waals surface area (Å²) in [5, 5.41) is 0.259. The fourth-order valence-electron chi connectivity index (χ4n) is 3.78. The van der Waals surface area contributed by atoms with E-state index in [1.807, 2.05) is 7.11 Å². The second kappa shape index (κ2) is 5.71. The summed E-state index contributed by atoms with van der Waals surface area (Å²) in [6, 6.07) is 6.78. The summed E-state index contributed by atoms with van der Waals surface area (Å²) in [6.45, 7) is 11.7. The fraction of sp³-hybridized carbons (Fsp3) is 0.700. The van der Waals surface area contributed by atoms with Gasteiger partial charge >= 0.3 is 0 Å². The van der Waals surface area contributed by atoms with Crippen LogP contribution in [-0.4, -0.2) is 15.4 Å². The van der Waals surface area contributed by atoms with Gasteiger partial charge in [-0.3, -0.25) is 0 Å². The van der Waals surface area contributed by atoms with Gasteiger partial charge in [0.25, 0.3) is 0 Å². The molecule has 0 aliphatic heterocycles. The van der Waals surface area contributed by atoms with Gasteiger partial charge in [-0.05, 0) is 66.9 Å². The lowest BCUT2D eigenvalue weighted by Gasteiger charge is -2.42. The van der Waals surface area contributed by atoms with Gasteiger partial charge in [-0.25, -0.2) is 0 Å². The number of hydrogen-bond donors (Lipinski definition) is 0. The first-order valence-corrected chi connectivity index (χ1v) is 12.0. The quantitative estimate of drug-likeness (QED) is 0.656. The van der Waals surface area contributed by atoms with E-state index in [9.17, 15) is 0 Å². The van der Waals surface area contributed by atoms with Crippen molar-refractivity contribution >= 4 is 8.32 Å². The lowest BCUT2D eigenvalue weighted by molar-refractivity contribution is -0.0784. The fourth-order valence-corrected chi connectivity index (χ4v) is 5.09. The average molecular weight is 333 g/mol. The highest BCUT2D eigenvalue weighted by molar-refractivity contribution is 6.74. The van der Waals surface area contributed by atoms with E-state index in [4.69, 9.17) is 9.16 Å². The van der Waals surface area contributed by atoms with Gasteiger partial charge in [0.1, 0.15) is 0 Å². The van der Waals surface area contributed by atoms with E-state index in [1.54, 1.807) is 0 Å². The molecule has 0 saturated heterocycles. The van der Waals surface area contributed by atoms with Crippen LogP contribution in [0.25, 0.3) is 0 Å². The third-order valence-corrected chi connectivity index (χ3v) is 11.0. The Morgan fingerprint density at radius 3 is 2.39 bits per heavy atom. The third-order valence-electron chi connectivity index (χ3n) is 6.50. The Balaban J connectivity index is 1.90. The van der Waals surface area contributed by atoms with Gasteiger partial charge in [-0.2, -0.15) is 0 Å². The number of rotatable bonds is 4. The van der Waals surface area contributed by atoms with Crippen LogP contribution in [0.2, 0.25) is 18.1 Å². The smallest absolute Gasteiger partial charge is 0.192 e. The number of methoxy groups -OCH3 is 1. The molecule has 1 fully saturated rings. The van der Waals surface area contributed by atoms with Crippen molar-refractivity contribution in [3.63, 3.8) is 0 Å². The Kier molecular flexibility index (Phi) is 4.27. The van der Waals surface area contributed by atoms with Crippen LogP contribution in [0, 0.1) is 0 Å². The molecular weight excluding hydrogens is 300 g/mol. The molecule has 1 aromatic carbocycles. The van der Waals surface area contributed by atoms with Crippen molar-refractivity contribution in [1.29, 1.82) is 0 Å². The molecule has 23 heavy (non-hydrogen) atoms. The second-order valence-electron chi connectivity index (χ2n) is 8.83. The normalized spacial score (nSPS) is 23.5. The van der Waals surface area contributed by atoms with Crippen molar-refractivity contribution < 1.29 is 9.16 Å². The summed E-state index contributed by atoms with van der Waals surface area (Å²) in [7, 11) is 0.137. The third kappa shape index (κ3) is 2.81. The Hall–Kier alpha value is -0.643. The SMILES string of the molecule is COC1(c2cccc3c2CC[C@@H]3O[Si](C)(C)C(C)(C)C)CCC1. The minimum Gasteiger partial charge on any atom is -0.410 e. The summed E-state index contributed by atoms with van der Waals surface area (Å²) in [4.78, 5) is 0. The molecular formula is C20H32O2Si. The molecule has 2 aliphatic carbocycles. The van der Waals surface area contributed by atoms with Crippen molar-refractivity contribution in [1.82, 2.24) is 0 Å². The van der Waals surface area contributed by atoms with E-state index < -0.39 is 8.32 Å². The summed E-state index contributed by atoms with van der Waals surface area (Å²) in [5.41, 5.74) is 4.36. The van der Waals surface area contributed by atoms with Crippen LogP contribution >= 0.6 is 0 Å². The first-order valence-electron chi connectivity index (χ1n) is 9.05. The minimum atomic E-state index is -1.74. The van der Waals surface area contributed by atoms with Crippen LogP contribution in [0.3, 0.4) is 0 Å². The first kappa shape index (κ1) is 17.2. The zero-order valence-corrected chi connectivity index (χ0v) is 16.7. The molecule has 0 bridgehead atoms. The van der Waals surface area contributed by atoms with Crippen molar-refractivity contribution in [3.8, 4) is 0 Å². The molecule has 0 heterocycles. The van der Waals surface area contributed by atoms with Crippen LogP contribution < -0.4 is 0 Å². The molecule has 2 nitrogen and oxygen atoms in total. The van der Waals surface area contributed by atoms with E-state index in [0.29, 0.717) is 0 Å². The molecule has 1 aromatic rings. The highest BCUT2D eigenvalue weighted by Crippen LogP contribution is 2.50. The topological polar surface area (TPSA) is 18.5 Å². The predicted molar refractivity (Wildman–Crippen MR) is 98.3 cm³/mol. The van der Waals surface area contributed by atoms with Crippen molar-refractivity contribution in [2.75, 3.05) is 7.11 Å². The number of benzene rings is 1. The molecule has 3 rings (SSSR count). The monoisotopic (exact) mass is 332 g/mol. The van der Waals surface area contributed by atoms with Gasteiger partial charge in [-0.1, -0.05) is 39.0 Å². The van der Waals surface area contributed by atoms with Crippen LogP contribution in [0.5, 0.6) is 0 Å². The van der Waals surface area contributed by atoms with Gasteiger partial charge < -0.3 is 9.16 Å². The van der Waals surface area contributed by atoms with Crippen LogP contribution in [0.15, 0.2) is 18.2 Å². The molecule has 2 aliphatic rings. The van der Waals surface area contributed by atoms with Crippen LogP contribution in [0.4, 0.5) is 0 Å². The van der Waals surface area contributed by atoms with E-state index in [1.165, 1.54) is 23.1 Å². The molecule has 1 saturated carbocycles. The number of fused-ring (bicyclic) bond motifs is 1. The van der Waals surface area contributed by atoms with Crippen molar-refractivity contribution in [2.45, 2.75) is 82.7 Å². The molecule has 0 amide bonds. The van der Waals surface area contributed by atoms with Crippen molar-refractivity contribution in [2.24, 2.45) is 0 Å². The zero-order valence-electron chi connectivity index (χ0n) is 15.7. The number of hydrogen-bond acceptors (Lipinski definition) is 2. The van der Waals surface area contributed by atoms with E-state index in [2.05, 4.69) is 52.1 Å². The number of ether oxygens (including phenoxy) is 1. The van der Waals surface area contributed by atoms with Gasteiger partial charge in [0, 0.05) is 7.11 Å². The van der Waals surface area contributed by atoms with Gasteiger partial charge in [0.2, 0.25) is 0 Å². The van der Waals surface area contributed by atoms with E-state index >= 15 is 0 Å². The Morgan fingerprint density at radius 2 is 1.87 bits per heavy atom. The largest absolute Gasteiger partial charge is 0.410 e. The molecule has 0 spiro atoms. The molecule has 3 heteroatoms. The molecule has 1 atom stereocenters. The minimum absolute atomic E-state index is 0.0167. The summed E-state index contributed by atoms with van der Waals surface area (Å²) in [5.74, 6) is 0. The summed E-state index contributed by atoms with van der Waals surface area (Å²) < 4.78 is 12.7. The van der Waals surface area contributed by atoms with E-state index in [-0.39, 0.29) is 16.7 Å². The van der Waals surface area contributed by atoms with Crippen LogP contribution in [0.1, 0.15) is 69.2 Å². The summed E-state index contributed by atoms with van der Waals surface area (Å²) >= 11 is 0. The molecule has 0 radical (unpaired) electrons. The second-order valence-corrected chi connectivity index (χ2v) is 13.6. The lowest BCUT2D eigenvalue weighted by atomic mass is 9.73. The Labute approximate surface area is 142 Å². The Morgan fingerprint density at radius 1 is 1.17 bits per heavy atom. The predicted octanol–water partition coefficient (Wildman–Crippen LogP) is 5.72. The molecule has 128 valence electrons. The maximum Gasteiger partial charge on any atom is 0.192 e. The highest BCUT2D eigenvalue weighted by Gasteiger charge is 2.44. The average Bonchev–Trinajstić information content (AvgIpc) is 2.80. The van der Waals surface area contributed by atoms with Crippen LogP contribution in [-0.2, 0) is 21.2 Å². The molecule has 0 unspecified atom stereocenters. The maximum atomic E-state index is 6.74.